The van der Waals surface area contributed by atoms with Gasteiger partial charge in [0.05, 0.1) is 17.4 Å². The molecule has 0 radical (unpaired) electrons. The Morgan fingerprint density at radius 1 is 1.05 bits per heavy atom. The second-order valence-corrected chi connectivity index (χ2v) is 11.8. The molecule has 1 saturated carbocycles. The highest BCUT2D eigenvalue weighted by molar-refractivity contribution is 5.80. The second kappa shape index (κ2) is 11.0. The number of amides is 1. The molecular formula is C29H35N9O4. The van der Waals surface area contributed by atoms with Gasteiger partial charge in [-0.2, -0.15) is 9.97 Å². The van der Waals surface area contributed by atoms with Crippen molar-refractivity contribution in [2.24, 2.45) is 0 Å². The molecule has 0 atom stereocenters. The summed E-state index contributed by atoms with van der Waals surface area (Å²) in [6.45, 7) is 9.84. The summed E-state index contributed by atoms with van der Waals surface area (Å²) in [6, 6.07) is 5.62. The highest BCUT2D eigenvalue weighted by atomic mass is 16.6. The number of carbonyl (C=O) groups excluding carboxylic acids is 1. The topological polar surface area (TPSA) is 144 Å². The van der Waals surface area contributed by atoms with Gasteiger partial charge in [-0.1, -0.05) is 18.0 Å². The Balaban J connectivity index is 1.20. The Bertz CT molecular complexity index is 1640. The van der Waals surface area contributed by atoms with Crippen molar-refractivity contribution in [2.75, 3.05) is 36.4 Å². The van der Waals surface area contributed by atoms with E-state index >= 15 is 0 Å². The van der Waals surface area contributed by atoms with Crippen molar-refractivity contribution >= 4 is 34.6 Å². The number of hydrogen-bond donors (Lipinski definition) is 1. The van der Waals surface area contributed by atoms with E-state index in [0.29, 0.717) is 55.0 Å². The van der Waals surface area contributed by atoms with Crippen molar-refractivity contribution in [3.8, 4) is 11.4 Å². The number of aryl methyl sites for hydroxylation is 1. The fraction of sp³-hybridized carbons (Fsp3) is 0.483. The Morgan fingerprint density at radius 2 is 1.81 bits per heavy atom. The number of fused-ring (bicyclic) bond motifs is 1. The van der Waals surface area contributed by atoms with Crippen LogP contribution >= 0.6 is 0 Å². The summed E-state index contributed by atoms with van der Waals surface area (Å²) in [5, 5.41) is 7.87. The minimum Gasteiger partial charge on any atom is -0.444 e. The molecule has 220 valence electrons. The molecule has 4 aromatic heterocycles. The molecule has 2 fully saturated rings. The van der Waals surface area contributed by atoms with E-state index in [-0.39, 0.29) is 23.5 Å². The predicted octanol–water partition coefficient (Wildman–Crippen LogP) is 4.46. The van der Waals surface area contributed by atoms with Crippen LogP contribution in [0.15, 0.2) is 39.9 Å². The zero-order valence-electron chi connectivity index (χ0n) is 24.3. The normalized spacial score (nSPS) is 16.3. The molecule has 0 aromatic carbocycles. The van der Waals surface area contributed by atoms with Crippen molar-refractivity contribution in [2.45, 2.75) is 65.0 Å². The maximum absolute atomic E-state index is 13.7. The van der Waals surface area contributed by atoms with Crippen LogP contribution in [-0.2, 0) is 4.74 Å². The van der Waals surface area contributed by atoms with Crippen LogP contribution in [0.1, 0.15) is 58.4 Å². The fourth-order valence-electron chi connectivity index (χ4n) is 5.49. The molecule has 6 rings (SSSR count). The molecule has 0 unspecified atom stereocenters. The molecule has 0 bridgehead atoms. The molecule has 5 heterocycles. The Labute approximate surface area is 242 Å². The summed E-state index contributed by atoms with van der Waals surface area (Å²) in [5.74, 6) is 1.60. The first-order valence-electron chi connectivity index (χ1n) is 14.3. The number of ether oxygens (including phenoxy) is 1. The number of hydrogen-bond acceptors (Lipinski definition) is 11. The number of anilines is 3. The van der Waals surface area contributed by atoms with Gasteiger partial charge >= 0.3 is 6.09 Å². The lowest BCUT2D eigenvalue weighted by Gasteiger charge is -2.36. The Morgan fingerprint density at radius 3 is 2.45 bits per heavy atom. The quantitative estimate of drug-likeness (QED) is 0.361. The van der Waals surface area contributed by atoms with Crippen LogP contribution in [0.2, 0.25) is 0 Å². The van der Waals surface area contributed by atoms with Gasteiger partial charge in [-0.05, 0) is 51.8 Å². The van der Waals surface area contributed by atoms with Gasteiger partial charge in [0, 0.05) is 50.7 Å². The lowest BCUT2D eigenvalue weighted by molar-refractivity contribution is 0.0240. The number of rotatable bonds is 5. The standard InChI is InChI=1S/C29H35N9O4/c1-18-32-24(35-42-18)22-15-19-16-31-27(34-25(19)38(26(22)39)20-7-5-6-8-20)33-23-10-9-21(17-30-23)36-11-13-37(14-12-36)28(40)41-29(2,3)4/h9-10,15-17,20H,5-8,11-14H2,1-4H3,(H,30,31,33,34). The fourth-order valence-corrected chi connectivity index (χ4v) is 5.49. The smallest absolute Gasteiger partial charge is 0.410 e. The maximum atomic E-state index is 13.7. The largest absolute Gasteiger partial charge is 0.444 e. The van der Waals surface area contributed by atoms with Crippen molar-refractivity contribution in [3.05, 3.63) is 46.8 Å². The number of pyridine rings is 2. The van der Waals surface area contributed by atoms with Crippen LogP contribution in [0, 0.1) is 6.92 Å². The van der Waals surface area contributed by atoms with Crippen LogP contribution in [0.3, 0.4) is 0 Å². The number of nitrogens with one attached hydrogen (secondary N) is 1. The molecule has 1 N–H and O–H groups in total. The third-order valence-electron chi connectivity index (χ3n) is 7.52. The number of nitrogens with zero attached hydrogens (tertiary/aromatic N) is 8. The van der Waals surface area contributed by atoms with E-state index in [0.717, 1.165) is 36.8 Å². The van der Waals surface area contributed by atoms with E-state index in [1.54, 1.807) is 34.9 Å². The first-order valence-corrected chi connectivity index (χ1v) is 14.3. The lowest BCUT2D eigenvalue weighted by atomic mass is 10.1. The number of aromatic nitrogens is 6. The first kappa shape index (κ1) is 27.6. The third-order valence-corrected chi connectivity index (χ3v) is 7.52. The minimum absolute atomic E-state index is 0.0453. The summed E-state index contributed by atoms with van der Waals surface area (Å²) in [5.41, 5.74) is 1.20. The van der Waals surface area contributed by atoms with Gasteiger partial charge in [-0.3, -0.25) is 9.36 Å². The highest BCUT2D eigenvalue weighted by Crippen LogP contribution is 2.32. The SMILES string of the molecule is Cc1nc(-c2cc3cnc(Nc4ccc(N5CCN(C(=O)OC(C)(C)C)CC5)cn4)nc3n(C3CCCC3)c2=O)no1. The van der Waals surface area contributed by atoms with Gasteiger partial charge in [0.25, 0.3) is 5.56 Å². The van der Waals surface area contributed by atoms with Crippen LogP contribution in [0.25, 0.3) is 22.4 Å². The first-order chi connectivity index (χ1) is 20.1. The van der Waals surface area contributed by atoms with Crippen molar-refractivity contribution in [1.29, 1.82) is 0 Å². The van der Waals surface area contributed by atoms with Gasteiger partial charge in [0.1, 0.15) is 17.1 Å². The number of piperazine rings is 1. The van der Waals surface area contributed by atoms with Crippen molar-refractivity contribution in [3.63, 3.8) is 0 Å². The van der Waals surface area contributed by atoms with Crippen molar-refractivity contribution < 1.29 is 14.1 Å². The van der Waals surface area contributed by atoms with E-state index in [9.17, 15) is 9.59 Å². The van der Waals surface area contributed by atoms with Crippen molar-refractivity contribution in [1.82, 2.24) is 34.6 Å². The average molecular weight is 574 g/mol. The maximum Gasteiger partial charge on any atom is 0.410 e. The van der Waals surface area contributed by atoms with Gasteiger partial charge in [-0.15, -0.1) is 0 Å². The molecule has 13 heteroatoms. The van der Waals surface area contributed by atoms with Crippen LogP contribution in [-0.4, -0.2) is 72.4 Å². The van der Waals surface area contributed by atoms with Gasteiger partial charge in [-0.25, -0.2) is 14.8 Å². The average Bonchev–Trinajstić information content (AvgIpc) is 3.65. The molecule has 1 aliphatic carbocycles. The summed E-state index contributed by atoms with van der Waals surface area (Å²) >= 11 is 0. The van der Waals surface area contributed by atoms with E-state index in [2.05, 4.69) is 30.3 Å². The molecule has 1 amide bonds. The lowest BCUT2D eigenvalue weighted by Crippen LogP contribution is -2.50. The van der Waals surface area contributed by atoms with E-state index < -0.39 is 5.60 Å². The Hall–Kier alpha value is -4.55. The van der Waals surface area contributed by atoms with E-state index in [1.807, 2.05) is 32.9 Å². The summed E-state index contributed by atoms with van der Waals surface area (Å²) < 4.78 is 12.4. The highest BCUT2D eigenvalue weighted by Gasteiger charge is 2.27. The zero-order valence-corrected chi connectivity index (χ0v) is 24.3. The molecule has 0 spiro atoms. The van der Waals surface area contributed by atoms with Gasteiger partial charge < -0.3 is 24.4 Å². The van der Waals surface area contributed by atoms with Crippen LogP contribution in [0.4, 0.5) is 22.2 Å². The van der Waals surface area contributed by atoms with E-state index in [4.69, 9.17) is 14.2 Å². The van der Waals surface area contributed by atoms with Crippen LogP contribution < -0.4 is 15.8 Å². The molecule has 2 aliphatic rings. The minimum atomic E-state index is -0.513. The molecule has 1 saturated heterocycles. The zero-order chi connectivity index (χ0) is 29.4. The van der Waals surface area contributed by atoms with E-state index in [1.165, 1.54) is 0 Å². The second-order valence-electron chi connectivity index (χ2n) is 11.8. The number of carbonyl (C=O) groups is 1. The Kier molecular flexibility index (Phi) is 7.25. The molecule has 13 nitrogen and oxygen atoms in total. The predicted molar refractivity (Wildman–Crippen MR) is 157 cm³/mol. The summed E-state index contributed by atoms with van der Waals surface area (Å²) in [4.78, 5) is 48.1. The monoisotopic (exact) mass is 573 g/mol. The molecule has 42 heavy (non-hydrogen) atoms. The summed E-state index contributed by atoms with van der Waals surface area (Å²) in [6.07, 6.45) is 7.15. The molecule has 4 aromatic rings. The molecular weight excluding hydrogens is 538 g/mol. The van der Waals surface area contributed by atoms with Crippen LogP contribution in [0.5, 0.6) is 0 Å². The van der Waals surface area contributed by atoms with Gasteiger partial charge in [0.15, 0.2) is 0 Å². The third kappa shape index (κ3) is 5.76. The molecule has 1 aliphatic heterocycles. The van der Waals surface area contributed by atoms with Gasteiger partial charge in [0.2, 0.25) is 17.7 Å². The summed E-state index contributed by atoms with van der Waals surface area (Å²) in [7, 11) is 0.